The molecule has 0 atom stereocenters. The number of aromatic nitrogens is 1. The van der Waals surface area contributed by atoms with Crippen molar-refractivity contribution in [2.24, 2.45) is 0 Å². The number of ether oxygens (including phenoxy) is 2. The lowest BCUT2D eigenvalue weighted by molar-refractivity contribution is 0.171. The number of fused-ring (bicyclic) bond motifs is 1. The summed E-state index contributed by atoms with van der Waals surface area (Å²) in [6, 6.07) is 5.80. The summed E-state index contributed by atoms with van der Waals surface area (Å²) in [5.41, 5.74) is 2.08. The van der Waals surface area contributed by atoms with Crippen molar-refractivity contribution in [1.82, 2.24) is 4.57 Å². The van der Waals surface area contributed by atoms with E-state index in [1.165, 1.54) is 5.56 Å². The number of aryl methyl sites for hydroxylation is 1. The molecule has 0 bridgehead atoms. The molecule has 0 radical (unpaired) electrons. The lowest BCUT2D eigenvalue weighted by atomic mass is 10.2. The summed E-state index contributed by atoms with van der Waals surface area (Å²) >= 11 is 6.26. The molecular formula is C15H17ClN2O2. The second-order valence-electron chi connectivity index (χ2n) is 4.68. The third kappa shape index (κ3) is 2.70. The highest BCUT2D eigenvalue weighted by Gasteiger charge is 2.14. The fourth-order valence-electron chi connectivity index (χ4n) is 2.19. The molecular weight excluding hydrogens is 276 g/mol. The van der Waals surface area contributed by atoms with Crippen LogP contribution in [0.1, 0.15) is 12.5 Å². The van der Waals surface area contributed by atoms with Gasteiger partial charge in [0.2, 0.25) is 0 Å². The van der Waals surface area contributed by atoms with Crippen molar-refractivity contribution < 1.29 is 9.47 Å². The molecule has 4 nitrogen and oxygen atoms in total. The standard InChI is InChI=1S/C15H17ClN2O2/c1-2-18-4-3-11(10-18)9-17-13-8-15-14(7-12(13)16)19-5-6-20-15/h3-4,7-8,10,17H,2,5-6,9H2,1H3. The monoisotopic (exact) mass is 292 g/mol. The van der Waals surface area contributed by atoms with Gasteiger partial charge in [-0.15, -0.1) is 0 Å². The Kier molecular flexibility index (Phi) is 3.74. The predicted molar refractivity (Wildman–Crippen MR) is 79.9 cm³/mol. The molecule has 0 fully saturated rings. The van der Waals surface area contributed by atoms with Gasteiger partial charge in [-0.3, -0.25) is 0 Å². The first-order chi connectivity index (χ1) is 9.76. The van der Waals surface area contributed by atoms with Crippen molar-refractivity contribution in [3.05, 3.63) is 41.2 Å². The van der Waals surface area contributed by atoms with Gasteiger partial charge in [0.25, 0.3) is 0 Å². The third-order valence-corrected chi connectivity index (χ3v) is 3.60. The van der Waals surface area contributed by atoms with Crippen molar-refractivity contribution in [3.8, 4) is 11.5 Å². The van der Waals surface area contributed by atoms with E-state index in [0.717, 1.165) is 24.5 Å². The molecule has 106 valence electrons. The van der Waals surface area contributed by atoms with Gasteiger partial charge in [0.05, 0.1) is 10.7 Å². The minimum atomic E-state index is 0.570. The number of hydrogen-bond acceptors (Lipinski definition) is 3. The van der Waals surface area contributed by atoms with Crippen molar-refractivity contribution >= 4 is 17.3 Å². The summed E-state index contributed by atoms with van der Waals surface area (Å²) in [5.74, 6) is 1.46. The van der Waals surface area contributed by atoms with E-state index in [9.17, 15) is 0 Å². The zero-order valence-electron chi connectivity index (χ0n) is 11.4. The minimum Gasteiger partial charge on any atom is -0.486 e. The molecule has 1 aliphatic heterocycles. The van der Waals surface area contributed by atoms with Gasteiger partial charge in [-0.25, -0.2) is 0 Å². The maximum absolute atomic E-state index is 6.26. The van der Waals surface area contributed by atoms with E-state index in [1.807, 2.05) is 6.07 Å². The van der Waals surface area contributed by atoms with Crippen LogP contribution in [0.5, 0.6) is 11.5 Å². The van der Waals surface area contributed by atoms with Crippen LogP contribution in [0.4, 0.5) is 5.69 Å². The molecule has 1 aliphatic rings. The summed E-state index contributed by atoms with van der Waals surface area (Å²) in [7, 11) is 0. The second-order valence-corrected chi connectivity index (χ2v) is 5.09. The first-order valence-corrected chi connectivity index (χ1v) is 7.11. The molecule has 20 heavy (non-hydrogen) atoms. The Morgan fingerprint density at radius 2 is 2.00 bits per heavy atom. The Morgan fingerprint density at radius 1 is 1.25 bits per heavy atom. The van der Waals surface area contributed by atoms with Crippen molar-refractivity contribution in [1.29, 1.82) is 0 Å². The van der Waals surface area contributed by atoms with Crippen LogP contribution in [-0.2, 0) is 13.1 Å². The zero-order valence-corrected chi connectivity index (χ0v) is 12.1. The molecule has 1 aromatic heterocycles. The topological polar surface area (TPSA) is 35.4 Å². The maximum atomic E-state index is 6.26. The van der Waals surface area contributed by atoms with Crippen LogP contribution in [0, 0.1) is 0 Å². The number of rotatable bonds is 4. The van der Waals surface area contributed by atoms with E-state index in [2.05, 4.69) is 35.3 Å². The highest BCUT2D eigenvalue weighted by Crippen LogP contribution is 2.38. The van der Waals surface area contributed by atoms with Crippen LogP contribution in [0.25, 0.3) is 0 Å². The van der Waals surface area contributed by atoms with Gasteiger partial charge >= 0.3 is 0 Å². The average molecular weight is 293 g/mol. The third-order valence-electron chi connectivity index (χ3n) is 3.29. The molecule has 0 unspecified atom stereocenters. The van der Waals surface area contributed by atoms with E-state index in [1.54, 1.807) is 6.07 Å². The summed E-state index contributed by atoms with van der Waals surface area (Å²) in [6.07, 6.45) is 4.20. The number of benzene rings is 1. The van der Waals surface area contributed by atoms with Gasteiger partial charge in [0.15, 0.2) is 11.5 Å². The smallest absolute Gasteiger partial charge is 0.163 e. The van der Waals surface area contributed by atoms with E-state index in [-0.39, 0.29) is 0 Å². The second kappa shape index (κ2) is 5.67. The summed E-state index contributed by atoms with van der Waals surface area (Å²) < 4.78 is 13.2. The Balaban J connectivity index is 1.73. The van der Waals surface area contributed by atoms with Gasteiger partial charge in [0, 0.05) is 37.6 Å². The quantitative estimate of drug-likeness (QED) is 0.936. The number of nitrogens with one attached hydrogen (secondary N) is 1. The van der Waals surface area contributed by atoms with Crippen molar-refractivity contribution in [2.45, 2.75) is 20.0 Å². The van der Waals surface area contributed by atoms with Gasteiger partial charge in [-0.05, 0) is 18.6 Å². The molecule has 1 aromatic carbocycles. The van der Waals surface area contributed by atoms with Gasteiger partial charge in [-0.2, -0.15) is 0 Å². The van der Waals surface area contributed by atoms with E-state index in [0.29, 0.717) is 24.0 Å². The molecule has 1 N–H and O–H groups in total. The molecule has 0 saturated heterocycles. The van der Waals surface area contributed by atoms with E-state index >= 15 is 0 Å². The zero-order chi connectivity index (χ0) is 13.9. The van der Waals surface area contributed by atoms with E-state index < -0.39 is 0 Å². The number of halogens is 1. The molecule has 2 heterocycles. The first kappa shape index (κ1) is 13.2. The largest absolute Gasteiger partial charge is 0.486 e. The van der Waals surface area contributed by atoms with Gasteiger partial charge in [-0.1, -0.05) is 11.6 Å². The Labute approximate surface area is 123 Å². The van der Waals surface area contributed by atoms with Crippen LogP contribution in [0.15, 0.2) is 30.6 Å². The Morgan fingerprint density at radius 3 is 2.70 bits per heavy atom. The van der Waals surface area contributed by atoms with Crippen LogP contribution in [0.2, 0.25) is 5.02 Å². The fourth-order valence-corrected chi connectivity index (χ4v) is 2.41. The lowest BCUT2D eigenvalue weighted by Crippen LogP contribution is -2.15. The van der Waals surface area contributed by atoms with Gasteiger partial charge in [0.1, 0.15) is 13.2 Å². The predicted octanol–water partition coefficient (Wildman–Crippen LogP) is 3.54. The molecule has 0 spiro atoms. The maximum Gasteiger partial charge on any atom is 0.163 e. The van der Waals surface area contributed by atoms with Crippen molar-refractivity contribution in [2.75, 3.05) is 18.5 Å². The SMILES string of the molecule is CCn1ccc(CNc2cc3c(cc2Cl)OCCO3)c1. The van der Waals surface area contributed by atoms with Gasteiger partial charge < -0.3 is 19.4 Å². The lowest BCUT2D eigenvalue weighted by Gasteiger charge is -2.20. The summed E-state index contributed by atoms with van der Waals surface area (Å²) in [4.78, 5) is 0. The number of anilines is 1. The molecule has 0 amide bonds. The van der Waals surface area contributed by atoms with Crippen LogP contribution in [-0.4, -0.2) is 17.8 Å². The van der Waals surface area contributed by atoms with Crippen molar-refractivity contribution in [3.63, 3.8) is 0 Å². The number of nitrogens with zero attached hydrogens (tertiary/aromatic N) is 1. The normalized spacial score (nSPS) is 13.3. The molecule has 5 heteroatoms. The Bertz CT molecular complexity index is 610. The first-order valence-electron chi connectivity index (χ1n) is 6.74. The minimum absolute atomic E-state index is 0.570. The highest BCUT2D eigenvalue weighted by molar-refractivity contribution is 6.33. The van der Waals surface area contributed by atoms with Crippen LogP contribution in [0.3, 0.4) is 0 Å². The average Bonchev–Trinajstić information content (AvgIpc) is 2.93. The fraction of sp³-hybridized carbons (Fsp3) is 0.333. The van der Waals surface area contributed by atoms with E-state index in [4.69, 9.17) is 21.1 Å². The summed E-state index contributed by atoms with van der Waals surface area (Å²) in [6.45, 7) is 4.97. The molecule has 0 aliphatic carbocycles. The number of hydrogen-bond donors (Lipinski definition) is 1. The molecule has 2 aromatic rings. The highest BCUT2D eigenvalue weighted by atomic mass is 35.5. The van der Waals surface area contributed by atoms with Crippen LogP contribution < -0.4 is 14.8 Å². The summed E-state index contributed by atoms with van der Waals surface area (Å²) in [5, 5.41) is 3.98. The Hall–Kier alpha value is -1.81. The molecule has 3 rings (SSSR count). The molecule has 0 saturated carbocycles. The van der Waals surface area contributed by atoms with Crippen LogP contribution >= 0.6 is 11.6 Å².